The van der Waals surface area contributed by atoms with E-state index >= 15 is 0 Å². The summed E-state index contributed by atoms with van der Waals surface area (Å²) in [5, 5.41) is 37.6. The average molecular weight is 473 g/mol. The van der Waals surface area contributed by atoms with E-state index in [0.29, 0.717) is 22.3 Å². The lowest BCUT2D eigenvalue weighted by Gasteiger charge is -2.12. The van der Waals surface area contributed by atoms with Crippen LogP contribution in [0.5, 0.6) is 5.75 Å². The molecule has 9 nitrogen and oxygen atoms in total. The number of anilines is 1. The largest absolute Gasteiger partial charge is 0.505 e. The molecule has 36 heavy (non-hydrogen) atoms. The number of fused-ring (bicyclic) bond motifs is 1. The second-order valence-electron chi connectivity index (χ2n) is 7.90. The van der Waals surface area contributed by atoms with Crippen molar-refractivity contribution in [3.05, 3.63) is 102 Å². The first-order valence-electron chi connectivity index (χ1n) is 11.0. The Bertz CT molecular complexity index is 1670. The highest BCUT2D eigenvalue weighted by molar-refractivity contribution is 6.11. The smallest absolute Gasteiger partial charge is 0.259 e. The molecule has 2 heterocycles. The van der Waals surface area contributed by atoms with E-state index in [4.69, 9.17) is 0 Å². The van der Waals surface area contributed by atoms with E-state index in [-0.39, 0.29) is 28.4 Å². The maximum atomic E-state index is 13.1. The minimum atomic E-state index is -0.486. The van der Waals surface area contributed by atoms with Gasteiger partial charge in [-0.15, -0.1) is 10.2 Å². The molecule has 2 aromatic heterocycles. The summed E-state index contributed by atoms with van der Waals surface area (Å²) in [6.07, 6.45) is 2.97. The number of carbonyl (C=O) groups is 1. The molecule has 5 aromatic rings. The fourth-order valence-corrected chi connectivity index (χ4v) is 3.76. The number of amides is 1. The summed E-state index contributed by atoms with van der Waals surface area (Å²) in [6.45, 7) is 1.88. The van der Waals surface area contributed by atoms with Crippen LogP contribution in [0.25, 0.3) is 16.6 Å². The first kappa shape index (κ1) is 22.4. The van der Waals surface area contributed by atoms with Gasteiger partial charge in [-0.3, -0.25) is 4.79 Å². The molecular weight excluding hydrogens is 454 g/mol. The first-order chi connectivity index (χ1) is 17.6. The number of aryl methyl sites for hydroxylation is 1. The van der Waals surface area contributed by atoms with Crippen LogP contribution in [-0.4, -0.2) is 25.8 Å². The number of phenolic OH excluding ortho intramolecular Hbond substituents is 1. The molecular formula is C27H19N7O2. The van der Waals surface area contributed by atoms with Crippen molar-refractivity contribution >= 4 is 33.9 Å². The number of phenols is 1. The summed E-state index contributed by atoms with van der Waals surface area (Å²) in [6, 6.07) is 23.5. The standard InChI is InChI=1S/C27H19N7O2/c1-17-8-2-5-11-22(17)31-27(36)21-14-18-9-3-4-10-20(18)24(25(21)35)32-33-26-19(15-28)16-30-34(26)23-12-6-7-13-29-23/h2-14,16,35H,1H3,(H,31,36). The summed E-state index contributed by atoms with van der Waals surface area (Å²) < 4.78 is 1.38. The zero-order chi connectivity index (χ0) is 25.1. The molecule has 0 aliphatic carbocycles. The topological polar surface area (TPSA) is 129 Å². The fraction of sp³-hybridized carbons (Fsp3) is 0.0370. The molecule has 9 heteroatoms. The van der Waals surface area contributed by atoms with E-state index in [9.17, 15) is 15.2 Å². The lowest BCUT2D eigenvalue weighted by atomic mass is 10.0. The van der Waals surface area contributed by atoms with Crippen LogP contribution in [0.1, 0.15) is 21.5 Å². The number of nitrogens with one attached hydrogen (secondary N) is 1. The summed E-state index contributed by atoms with van der Waals surface area (Å²) in [5.41, 5.74) is 1.85. The molecule has 0 saturated carbocycles. The lowest BCUT2D eigenvalue weighted by Crippen LogP contribution is -2.13. The van der Waals surface area contributed by atoms with Gasteiger partial charge in [-0.1, -0.05) is 48.5 Å². The number of nitriles is 1. The number of aromatic nitrogens is 3. The monoisotopic (exact) mass is 473 g/mol. The van der Waals surface area contributed by atoms with Crippen LogP contribution in [0.15, 0.2) is 95.4 Å². The Morgan fingerprint density at radius 1 is 1.06 bits per heavy atom. The van der Waals surface area contributed by atoms with E-state index in [2.05, 4.69) is 25.6 Å². The van der Waals surface area contributed by atoms with Gasteiger partial charge < -0.3 is 10.4 Å². The SMILES string of the molecule is Cc1ccccc1NC(=O)c1cc2ccccc2c(N=Nc2c(C#N)cnn2-c2ccccn2)c1O. The predicted molar refractivity (Wildman–Crippen MR) is 135 cm³/mol. The molecule has 0 saturated heterocycles. The maximum Gasteiger partial charge on any atom is 0.259 e. The first-order valence-corrected chi connectivity index (χ1v) is 11.0. The minimum absolute atomic E-state index is 0.0460. The average Bonchev–Trinajstić information content (AvgIpc) is 3.32. The number of benzene rings is 3. The van der Waals surface area contributed by atoms with Crippen LogP contribution in [0.4, 0.5) is 17.2 Å². The Hall–Kier alpha value is -5.36. The highest BCUT2D eigenvalue weighted by atomic mass is 16.3. The molecule has 3 aromatic carbocycles. The van der Waals surface area contributed by atoms with E-state index < -0.39 is 5.91 Å². The van der Waals surface area contributed by atoms with E-state index in [1.54, 1.807) is 48.7 Å². The Kier molecular flexibility index (Phi) is 5.91. The van der Waals surface area contributed by atoms with Crippen molar-refractivity contribution in [2.75, 3.05) is 5.32 Å². The van der Waals surface area contributed by atoms with Gasteiger partial charge in [0.15, 0.2) is 17.4 Å². The summed E-state index contributed by atoms with van der Waals surface area (Å²) in [5.74, 6) is -0.214. The van der Waals surface area contributed by atoms with Crippen molar-refractivity contribution in [1.82, 2.24) is 14.8 Å². The van der Waals surface area contributed by atoms with Gasteiger partial charge in [0.25, 0.3) is 5.91 Å². The fourth-order valence-electron chi connectivity index (χ4n) is 3.76. The van der Waals surface area contributed by atoms with Crippen molar-refractivity contribution in [2.24, 2.45) is 10.2 Å². The van der Waals surface area contributed by atoms with Gasteiger partial charge in [0.2, 0.25) is 0 Å². The molecule has 5 rings (SSSR count). The number of carbonyl (C=O) groups excluding carboxylic acids is 1. The van der Waals surface area contributed by atoms with Crippen LogP contribution in [0, 0.1) is 18.3 Å². The third-order valence-electron chi connectivity index (χ3n) is 5.61. The minimum Gasteiger partial charge on any atom is -0.505 e. The number of para-hydroxylation sites is 1. The van der Waals surface area contributed by atoms with Gasteiger partial charge in [-0.2, -0.15) is 15.0 Å². The summed E-state index contributed by atoms with van der Waals surface area (Å²) in [4.78, 5) is 17.4. The molecule has 0 bridgehead atoms. The third kappa shape index (κ3) is 4.15. The van der Waals surface area contributed by atoms with Gasteiger partial charge >= 0.3 is 0 Å². The molecule has 0 fully saturated rings. The molecule has 0 radical (unpaired) electrons. The number of nitrogens with zero attached hydrogens (tertiary/aromatic N) is 6. The molecule has 1 amide bonds. The van der Waals surface area contributed by atoms with Crippen LogP contribution >= 0.6 is 0 Å². The normalized spacial score (nSPS) is 11.0. The Balaban J connectivity index is 1.61. The van der Waals surface area contributed by atoms with E-state index in [1.807, 2.05) is 43.3 Å². The predicted octanol–water partition coefficient (Wildman–Crippen LogP) is 5.97. The Labute approximate surface area is 206 Å². The maximum absolute atomic E-state index is 13.1. The molecule has 0 unspecified atom stereocenters. The highest BCUT2D eigenvalue weighted by Crippen LogP contribution is 2.40. The summed E-state index contributed by atoms with van der Waals surface area (Å²) in [7, 11) is 0. The number of aromatic hydroxyl groups is 1. The van der Waals surface area contributed by atoms with Gasteiger partial charge in [-0.05, 0) is 42.1 Å². The molecule has 0 aliphatic rings. The second-order valence-corrected chi connectivity index (χ2v) is 7.90. The van der Waals surface area contributed by atoms with Crippen molar-refractivity contribution in [1.29, 1.82) is 5.26 Å². The zero-order valence-corrected chi connectivity index (χ0v) is 19.1. The number of azo groups is 1. The summed E-state index contributed by atoms with van der Waals surface area (Å²) >= 11 is 0. The van der Waals surface area contributed by atoms with Crippen LogP contribution in [-0.2, 0) is 0 Å². The van der Waals surface area contributed by atoms with Crippen molar-refractivity contribution in [3.63, 3.8) is 0 Å². The van der Waals surface area contributed by atoms with E-state index in [0.717, 1.165) is 5.56 Å². The van der Waals surface area contributed by atoms with Gasteiger partial charge in [0, 0.05) is 17.3 Å². The van der Waals surface area contributed by atoms with Crippen LogP contribution in [0.2, 0.25) is 0 Å². The molecule has 0 atom stereocenters. The van der Waals surface area contributed by atoms with Gasteiger partial charge in [0.05, 0.1) is 11.8 Å². The molecule has 0 aliphatic heterocycles. The second kappa shape index (κ2) is 9.48. The number of hydrogen-bond donors (Lipinski definition) is 2. The highest BCUT2D eigenvalue weighted by Gasteiger charge is 2.20. The number of hydrogen-bond acceptors (Lipinski definition) is 7. The molecule has 2 N–H and O–H groups in total. The van der Waals surface area contributed by atoms with E-state index in [1.165, 1.54) is 10.9 Å². The zero-order valence-electron chi connectivity index (χ0n) is 19.1. The van der Waals surface area contributed by atoms with Crippen molar-refractivity contribution in [2.45, 2.75) is 6.92 Å². The Morgan fingerprint density at radius 2 is 1.83 bits per heavy atom. The number of rotatable bonds is 5. The van der Waals surface area contributed by atoms with Gasteiger partial charge in [-0.25, -0.2) is 4.98 Å². The lowest BCUT2D eigenvalue weighted by molar-refractivity contribution is 0.102. The Morgan fingerprint density at radius 3 is 2.61 bits per heavy atom. The van der Waals surface area contributed by atoms with Crippen molar-refractivity contribution < 1.29 is 9.90 Å². The molecule has 174 valence electrons. The van der Waals surface area contributed by atoms with Crippen LogP contribution < -0.4 is 5.32 Å². The third-order valence-corrected chi connectivity index (χ3v) is 5.61. The number of pyridine rings is 1. The molecule has 0 spiro atoms. The van der Waals surface area contributed by atoms with Crippen molar-refractivity contribution in [3.8, 4) is 17.6 Å². The van der Waals surface area contributed by atoms with Gasteiger partial charge in [0.1, 0.15) is 17.3 Å². The quantitative estimate of drug-likeness (QED) is 0.304. The van der Waals surface area contributed by atoms with Crippen LogP contribution in [0.3, 0.4) is 0 Å².